The standard InChI is InChI=1S/C17H20N2O2/c1-11-7-12(2)9-14(8-11)19(3)17(20)13-5-6-16(21-4)15(18)10-13/h5-10H,18H2,1-4H3. The lowest BCUT2D eigenvalue weighted by Crippen LogP contribution is -2.26. The van der Waals surface area contributed by atoms with E-state index in [1.165, 1.54) is 0 Å². The molecule has 0 fully saturated rings. The lowest BCUT2D eigenvalue weighted by molar-refractivity contribution is 0.0993. The number of ether oxygens (including phenoxy) is 1. The molecule has 0 aliphatic carbocycles. The second-order valence-electron chi connectivity index (χ2n) is 5.17. The van der Waals surface area contributed by atoms with E-state index in [-0.39, 0.29) is 5.91 Å². The van der Waals surface area contributed by atoms with Crippen LogP contribution in [0.5, 0.6) is 5.75 Å². The Hall–Kier alpha value is -2.49. The van der Waals surface area contributed by atoms with E-state index in [9.17, 15) is 4.79 Å². The van der Waals surface area contributed by atoms with Gasteiger partial charge in [-0.1, -0.05) is 6.07 Å². The van der Waals surface area contributed by atoms with Crippen molar-refractivity contribution in [2.24, 2.45) is 0 Å². The normalized spacial score (nSPS) is 10.3. The van der Waals surface area contributed by atoms with Gasteiger partial charge < -0.3 is 15.4 Å². The second kappa shape index (κ2) is 5.87. The number of hydrogen-bond acceptors (Lipinski definition) is 3. The predicted octanol–water partition coefficient (Wildman–Crippen LogP) is 3.17. The topological polar surface area (TPSA) is 55.6 Å². The van der Waals surface area contributed by atoms with Crippen molar-refractivity contribution in [3.05, 3.63) is 53.1 Å². The van der Waals surface area contributed by atoms with Crippen molar-refractivity contribution in [2.45, 2.75) is 13.8 Å². The van der Waals surface area contributed by atoms with Gasteiger partial charge in [0.2, 0.25) is 0 Å². The van der Waals surface area contributed by atoms with Crippen LogP contribution in [0.15, 0.2) is 36.4 Å². The van der Waals surface area contributed by atoms with Gasteiger partial charge in [-0.15, -0.1) is 0 Å². The number of carbonyl (C=O) groups excluding carboxylic acids is 1. The van der Waals surface area contributed by atoms with Crippen molar-refractivity contribution in [3.63, 3.8) is 0 Å². The highest BCUT2D eigenvalue weighted by Gasteiger charge is 2.15. The van der Waals surface area contributed by atoms with Crippen LogP contribution in [-0.2, 0) is 0 Å². The summed E-state index contributed by atoms with van der Waals surface area (Å²) in [7, 11) is 3.31. The van der Waals surface area contributed by atoms with Gasteiger partial charge in [0, 0.05) is 18.3 Å². The fourth-order valence-electron chi connectivity index (χ4n) is 2.32. The van der Waals surface area contributed by atoms with Crippen LogP contribution in [0.25, 0.3) is 0 Å². The number of methoxy groups -OCH3 is 1. The zero-order chi connectivity index (χ0) is 15.6. The minimum absolute atomic E-state index is 0.102. The van der Waals surface area contributed by atoms with Crippen molar-refractivity contribution < 1.29 is 9.53 Å². The van der Waals surface area contributed by atoms with Gasteiger partial charge in [-0.25, -0.2) is 0 Å². The Balaban J connectivity index is 2.32. The van der Waals surface area contributed by atoms with Crippen LogP contribution < -0.4 is 15.4 Å². The molecule has 2 aromatic rings. The summed E-state index contributed by atoms with van der Waals surface area (Å²) in [5.74, 6) is 0.468. The largest absolute Gasteiger partial charge is 0.495 e. The summed E-state index contributed by atoms with van der Waals surface area (Å²) in [6, 6.07) is 11.1. The number of aryl methyl sites for hydroxylation is 2. The molecule has 0 saturated carbocycles. The first-order valence-electron chi connectivity index (χ1n) is 6.72. The van der Waals surface area contributed by atoms with E-state index in [1.807, 2.05) is 26.0 Å². The van der Waals surface area contributed by atoms with Crippen LogP contribution in [0.3, 0.4) is 0 Å². The molecule has 0 aliphatic heterocycles. The summed E-state index contributed by atoms with van der Waals surface area (Å²) in [6.07, 6.45) is 0. The molecule has 0 spiro atoms. The predicted molar refractivity (Wildman–Crippen MR) is 86.1 cm³/mol. The maximum atomic E-state index is 12.5. The molecule has 0 aliphatic rings. The van der Waals surface area contributed by atoms with Crippen molar-refractivity contribution in [3.8, 4) is 5.75 Å². The third-order valence-electron chi connectivity index (χ3n) is 3.38. The summed E-state index contributed by atoms with van der Waals surface area (Å²) in [5, 5.41) is 0. The molecule has 21 heavy (non-hydrogen) atoms. The van der Waals surface area contributed by atoms with Gasteiger partial charge >= 0.3 is 0 Å². The van der Waals surface area contributed by atoms with Gasteiger partial charge in [-0.3, -0.25) is 4.79 Å². The zero-order valence-electron chi connectivity index (χ0n) is 12.8. The first-order chi connectivity index (χ1) is 9.92. The molecule has 2 N–H and O–H groups in total. The van der Waals surface area contributed by atoms with Crippen molar-refractivity contribution in [1.82, 2.24) is 0 Å². The zero-order valence-corrected chi connectivity index (χ0v) is 12.8. The van der Waals surface area contributed by atoms with E-state index in [2.05, 4.69) is 6.07 Å². The van der Waals surface area contributed by atoms with E-state index in [1.54, 1.807) is 37.3 Å². The number of hydrogen-bond donors (Lipinski definition) is 1. The average Bonchev–Trinajstić information content (AvgIpc) is 2.44. The average molecular weight is 284 g/mol. The molecule has 110 valence electrons. The molecule has 0 bridgehead atoms. The van der Waals surface area contributed by atoms with Crippen LogP contribution in [0, 0.1) is 13.8 Å². The van der Waals surface area contributed by atoms with Gasteiger partial charge in [-0.05, 0) is 55.3 Å². The molecule has 0 atom stereocenters. The van der Waals surface area contributed by atoms with Gasteiger partial charge in [-0.2, -0.15) is 0 Å². The molecule has 4 heteroatoms. The van der Waals surface area contributed by atoms with E-state index in [0.717, 1.165) is 16.8 Å². The summed E-state index contributed by atoms with van der Waals surface area (Å²) in [5.41, 5.74) is 9.97. The first-order valence-corrected chi connectivity index (χ1v) is 6.72. The SMILES string of the molecule is COc1ccc(C(=O)N(C)c2cc(C)cc(C)c2)cc1N. The molecular weight excluding hydrogens is 264 g/mol. The molecule has 0 saturated heterocycles. The Morgan fingerprint density at radius 3 is 2.24 bits per heavy atom. The van der Waals surface area contributed by atoms with E-state index >= 15 is 0 Å². The van der Waals surface area contributed by atoms with Crippen LogP contribution >= 0.6 is 0 Å². The van der Waals surface area contributed by atoms with Crippen LogP contribution in [0.1, 0.15) is 21.5 Å². The Labute approximate surface area is 125 Å². The number of nitrogens with two attached hydrogens (primary N) is 1. The Bertz CT molecular complexity index is 660. The lowest BCUT2D eigenvalue weighted by atomic mass is 10.1. The smallest absolute Gasteiger partial charge is 0.258 e. The number of benzene rings is 2. The van der Waals surface area contributed by atoms with Gasteiger partial charge in [0.05, 0.1) is 12.8 Å². The van der Waals surface area contributed by atoms with E-state index in [4.69, 9.17) is 10.5 Å². The number of amides is 1. The molecule has 0 heterocycles. The fraction of sp³-hybridized carbons (Fsp3) is 0.235. The molecule has 0 aromatic heterocycles. The number of nitrogens with zero attached hydrogens (tertiary/aromatic N) is 1. The summed E-state index contributed by atoms with van der Waals surface area (Å²) >= 11 is 0. The summed E-state index contributed by atoms with van der Waals surface area (Å²) in [4.78, 5) is 14.2. The molecule has 0 radical (unpaired) electrons. The number of anilines is 2. The Kier molecular flexibility index (Phi) is 4.17. The molecule has 1 amide bonds. The van der Waals surface area contributed by atoms with E-state index < -0.39 is 0 Å². The molecule has 2 aromatic carbocycles. The molecule has 4 nitrogen and oxygen atoms in total. The third-order valence-corrected chi connectivity index (χ3v) is 3.38. The van der Waals surface area contributed by atoms with Crippen LogP contribution in [-0.4, -0.2) is 20.1 Å². The fourth-order valence-corrected chi connectivity index (χ4v) is 2.32. The quantitative estimate of drug-likeness (QED) is 0.881. The maximum Gasteiger partial charge on any atom is 0.258 e. The highest BCUT2D eigenvalue weighted by molar-refractivity contribution is 6.06. The van der Waals surface area contributed by atoms with Crippen LogP contribution in [0.2, 0.25) is 0 Å². The summed E-state index contributed by atoms with van der Waals surface area (Å²) < 4.78 is 5.11. The molecule has 0 unspecified atom stereocenters. The second-order valence-corrected chi connectivity index (χ2v) is 5.17. The highest BCUT2D eigenvalue weighted by Crippen LogP contribution is 2.24. The minimum Gasteiger partial charge on any atom is -0.495 e. The maximum absolute atomic E-state index is 12.5. The van der Waals surface area contributed by atoms with Crippen molar-refractivity contribution in [2.75, 3.05) is 24.8 Å². The number of carbonyl (C=O) groups is 1. The van der Waals surface area contributed by atoms with Crippen molar-refractivity contribution in [1.29, 1.82) is 0 Å². The summed E-state index contributed by atoms with van der Waals surface area (Å²) in [6.45, 7) is 4.03. The first kappa shape index (κ1) is 14.9. The van der Waals surface area contributed by atoms with Crippen molar-refractivity contribution >= 4 is 17.3 Å². The molecule has 2 rings (SSSR count). The minimum atomic E-state index is -0.102. The lowest BCUT2D eigenvalue weighted by Gasteiger charge is -2.19. The monoisotopic (exact) mass is 284 g/mol. The Morgan fingerprint density at radius 2 is 1.71 bits per heavy atom. The van der Waals surface area contributed by atoms with Gasteiger partial charge in [0.15, 0.2) is 0 Å². The number of nitrogen functional groups attached to an aromatic ring is 1. The van der Waals surface area contributed by atoms with Crippen LogP contribution in [0.4, 0.5) is 11.4 Å². The van der Waals surface area contributed by atoms with E-state index in [0.29, 0.717) is 17.0 Å². The van der Waals surface area contributed by atoms with Gasteiger partial charge in [0.25, 0.3) is 5.91 Å². The van der Waals surface area contributed by atoms with Gasteiger partial charge in [0.1, 0.15) is 5.75 Å². The number of rotatable bonds is 3. The molecular formula is C17H20N2O2. The Morgan fingerprint density at radius 1 is 1.10 bits per heavy atom. The highest BCUT2D eigenvalue weighted by atomic mass is 16.5. The third kappa shape index (κ3) is 3.16.